The lowest BCUT2D eigenvalue weighted by Gasteiger charge is -2.21. The van der Waals surface area contributed by atoms with Gasteiger partial charge in [-0.3, -0.25) is 0 Å². The highest BCUT2D eigenvalue weighted by molar-refractivity contribution is 5.36. The van der Waals surface area contributed by atoms with Crippen LogP contribution in [0.3, 0.4) is 0 Å². The second-order valence-corrected chi connectivity index (χ2v) is 5.38. The monoisotopic (exact) mass is 218 g/mol. The van der Waals surface area contributed by atoms with Gasteiger partial charge in [0.25, 0.3) is 0 Å². The summed E-state index contributed by atoms with van der Waals surface area (Å²) < 4.78 is 0. The fourth-order valence-corrected chi connectivity index (χ4v) is 2.49. The minimum Gasteiger partial charge on any atom is -0.327 e. The van der Waals surface area contributed by atoms with Crippen LogP contribution in [0.1, 0.15) is 30.9 Å². The zero-order chi connectivity index (χ0) is 11.8. The first-order valence-corrected chi connectivity index (χ1v) is 6.04. The Morgan fingerprint density at radius 2 is 2.06 bits per heavy atom. The Kier molecular flexibility index (Phi) is 3.04. The Bertz CT molecular complexity index is 365. The predicted molar refractivity (Wildman–Crippen MR) is 68.4 cm³/mol. The molecule has 2 rings (SSSR count). The largest absolute Gasteiger partial charge is 0.327 e. The molecule has 1 unspecified atom stereocenters. The highest BCUT2D eigenvalue weighted by Gasteiger charge is 2.47. The summed E-state index contributed by atoms with van der Waals surface area (Å²) in [5, 5.41) is 0. The van der Waals surface area contributed by atoms with E-state index in [0.29, 0.717) is 0 Å². The lowest BCUT2D eigenvalue weighted by molar-refractivity contribution is 0.402. The minimum absolute atomic E-state index is 0.266. The van der Waals surface area contributed by atoms with E-state index in [1.807, 2.05) is 0 Å². The van der Waals surface area contributed by atoms with E-state index >= 15 is 0 Å². The third-order valence-electron chi connectivity index (χ3n) is 3.66. The number of nitrogens with zero attached hydrogens (tertiary/aromatic N) is 1. The summed E-state index contributed by atoms with van der Waals surface area (Å²) in [4.78, 5) is 2.20. The Labute approximate surface area is 98.4 Å². The Morgan fingerprint density at radius 3 is 2.56 bits per heavy atom. The van der Waals surface area contributed by atoms with Crippen LogP contribution in [-0.4, -0.2) is 25.0 Å². The molecule has 1 aromatic carbocycles. The van der Waals surface area contributed by atoms with Crippen molar-refractivity contribution in [3.05, 3.63) is 35.4 Å². The minimum atomic E-state index is 0.266. The molecule has 1 aromatic rings. The van der Waals surface area contributed by atoms with Crippen LogP contribution in [0, 0.1) is 0 Å². The number of benzene rings is 1. The fraction of sp³-hybridized carbons (Fsp3) is 0.571. The van der Waals surface area contributed by atoms with Gasteiger partial charge in [0.1, 0.15) is 0 Å². The zero-order valence-electron chi connectivity index (χ0n) is 10.5. The fourth-order valence-electron chi connectivity index (χ4n) is 2.49. The van der Waals surface area contributed by atoms with Crippen molar-refractivity contribution in [3.8, 4) is 0 Å². The van der Waals surface area contributed by atoms with Crippen LogP contribution >= 0.6 is 0 Å². The SMILES string of the molecule is CC(N)C1(c2cccc(CN(C)C)c2)CC1. The molecule has 16 heavy (non-hydrogen) atoms. The van der Waals surface area contributed by atoms with E-state index in [2.05, 4.69) is 50.2 Å². The van der Waals surface area contributed by atoms with Gasteiger partial charge in [-0.25, -0.2) is 0 Å². The Morgan fingerprint density at radius 1 is 1.38 bits per heavy atom. The molecule has 1 fully saturated rings. The van der Waals surface area contributed by atoms with Crippen molar-refractivity contribution in [1.29, 1.82) is 0 Å². The summed E-state index contributed by atoms with van der Waals surface area (Å²) in [5.74, 6) is 0. The molecule has 0 heterocycles. The van der Waals surface area contributed by atoms with E-state index in [1.165, 1.54) is 24.0 Å². The van der Waals surface area contributed by atoms with Crippen molar-refractivity contribution < 1.29 is 0 Å². The molecule has 0 spiro atoms. The standard InChI is InChI=1S/C14H22N2/c1-11(15)14(7-8-14)13-6-4-5-12(9-13)10-16(2)3/h4-6,9,11H,7-8,10,15H2,1-3H3. The molecule has 0 bridgehead atoms. The summed E-state index contributed by atoms with van der Waals surface area (Å²) in [5.41, 5.74) is 9.20. The van der Waals surface area contributed by atoms with Gasteiger partial charge >= 0.3 is 0 Å². The maximum Gasteiger partial charge on any atom is 0.0227 e. The third-order valence-corrected chi connectivity index (χ3v) is 3.66. The van der Waals surface area contributed by atoms with Gasteiger partial charge in [-0.1, -0.05) is 24.3 Å². The number of hydrogen-bond donors (Lipinski definition) is 1. The van der Waals surface area contributed by atoms with Gasteiger partial charge in [-0.2, -0.15) is 0 Å². The molecule has 2 heteroatoms. The second-order valence-electron chi connectivity index (χ2n) is 5.38. The summed E-state index contributed by atoms with van der Waals surface area (Å²) in [6.07, 6.45) is 2.49. The van der Waals surface area contributed by atoms with Crippen molar-refractivity contribution in [2.75, 3.05) is 14.1 Å². The topological polar surface area (TPSA) is 29.3 Å². The van der Waals surface area contributed by atoms with E-state index in [-0.39, 0.29) is 11.5 Å². The van der Waals surface area contributed by atoms with Gasteiger partial charge in [-0.15, -0.1) is 0 Å². The van der Waals surface area contributed by atoms with Crippen LogP contribution in [0.2, 0.25) is 0 Å². The molecule has 88 valence electrons. The number of hydrogen-bond acceptors (Lipinski definition) is 2. The van der Waals surface area contributed by atoms with Crippen molar-refractivity contribution in [1.82, 2.24) is 4.90 Å². The summed E-state index contributed by atoms with van der Waals surface area (Å²) >= 11 is 0. The Hall–Kier alpha value is -0.860. The summed E-state index contributed by atoms with van der Waals surface area (Å²) in [6, 6.07) is 9.19. The van der Waals surface area contributed by atoms with Crippen LogP contribution in [0.25, 0.3) is 0 Å². The van der Waals surface area contributed by atoms with E-state index in [4.69, 9.17) is 5.73 Å². The molecule has 1 atom stereocenters. The second kappa shape index (κ2) is 4.19. The van der Waals surface area contributed by atoms with Crippen LogP contribution < -0.4 is 5.73 Å². The molecule has 0 saturated heterocycles. The highest BCUT2D eigenvalue weighted by Crippen LogP contribution is 2.50. The lowest BCUT2D eigenvalue weighted by atomic mass is 9.88. The summed E-state index contributed by atoms with van der Waals surface area (Å²) in [6.45, 7) is 3.13. The van der Waals surface area contributed by atoms with Gasteiger partial charge in [0.2, 0.25) is 0 Å². The molecular weight excluding hydrogens is 196 g/mol. The Balaban J connectivity index is 2.23. The maximum atomic E-state index is 6.11. The van der Waals surface area contributed by atoms with Gasteiger partial charge in [0.05, 0.1) is 0 Å². The first-order chi connectivity index (χ1) is 7.54. The first kappa shape index (κ1) is 11.6. The average molecular weight is 218 g/mol. The van der Waals surface area contributed by atoms with Crippen LogP contribution in [0.15, 0.2) is 24.3 Å². The van der Waals surface area contributed by atoms with Gasteiger partial charge < -0.3 is 10.6 Å². The molecule has 2 N–H and O–H groups in total. The van der Waals surface area contributed by atoms with Crippen LogP contribution in [0.5, 0.6) is 0 Å². The predicted octanol–water partition coefficient (Wildman–Crippen LogP) is 2.13. The van der Waals surface area contributed by atoms with E-state index in [0.717, 1.165) is 6.54 Å². The quantitative estimate of drug-likeness (QED) is 0.839. The highest BCUT2D eigenvalue weighted by atomic mass is 15.0. The van der Waals surface area contributed by atoms with Gasteiger partial charge in [0.15, 0.2) is 0 Å². The number of nitrogens with two attached hydrogens (primary N) is 1. The molecule has 0 aromatic heterocycles. The van der Waals surface area contributed by atoms with E-state index in [1.54, 1.807) is 0 Å². The van der Waals surface area contributed by atoms with E-state index < -0.39 is 0 Å². The molecule has 0 aliphatic heterocycles. The maximum absolute atomic E-state index is 6.11. The van der Waals surface area contributed by atoms with Crippen LogP contribution in [0.4, 0.5) is 0 Å². The molecule has 1 saturated carbocycles. The van der Waals surface area contributed by atoms with Crippen LogP contribution in [-0.2, 0) is 12.0 Å². The van der Waals surface area contributed by atoms with Crippen molar-refractivity contribution >= 4 is 0 Å². The summed E-state index contributed by atoms with van der Waals surface area (Å²) in [7, 11) is 4.20. The smallest absolute Gasteiger partial charge is 0.0227 e. The molecule has 1 aliphatic rings. The van der Waals surface area contributed by atoms with Gasteiger partial charge in [0, 0.05) is 18.0 Å². The van der Waals surface area contributed by atoms with Crippen molar-refractivity contribution in [2.45, 2.75) is 37.8 Å². The average Bonchev–Trinajstić information content (AvgIpc) is 2.97. The van der Waals surface area contributed by atoms with Crippen molar-refractivity contribution in [3.63, 3.8) is 0 Å². The molecular formula is C14H22N2. The molecule has 2 nitrogen and oxygen atoms in total. The zero-order valence-corrected chi connectivity index (χ0v) is 10.5. The van der Waals surface area contributed by atoms with Gasteiger partial charge in [-0.05, 0) is 45.0 Å². The third kappa shape index (κ3) is 2.13. The molecule has 1 aliphatic carbocycles. The van der Waals surface area contributed by atoms with E-state index in [9.17, 15) is 0 Å². The van der Waals surface area contributed by atoms with Crippen molar-refractivity contribution in [2.24, 2.45) is 5.73 Å². The molecule has 0 amide bonds. The molecule has 0 radical (unpaired) electrons. The lowest BCUT2D eigenvalue weighted by Crippen LogP contribution is -2.31. The first-order valence-electron chi connectivity index (χ1n) is 6.04. The number of rotatable bonds is 4. The normalized spacial score (nSPS) is 19.8.